The number of nitrogens with zero attached hydrogens (tertiary/aromatic N) is 1. The van der Waals surface area contributed by atoms with Gasteiger partial charge >= 0.3 is 0 Å². The number of hydrogen-bond acceptors (Lipinski definition) is 3. The molecular formula is C7H17NO2. The fourth-order valence-electron chi connectivity index (χ4n) is 0.966. The van der Waals surface area contributed by atoms with Crippen LogP contribution in [0.5, 0.6) is 0 Å². The molecule has 0 saturated carbocycles. The summed E-state index contributed by atoms with van der Waals surface area (Å²) in [5, 5.41) is 8.54. The summed E-state index contributed by atoms with van der Waals surface area (Å²) in [6.07, 6.45) is 0. The number of rotatable bonds is 2. The summed E-state index contributed by atoms with van der Waals surface area (Å²) in [4.78, 5) is 2.20. The molecule has 0 bridgehead atoms. The molecule has 1 N–H and O–H groups in total. The molecule has 0 aromatic rings. The molecule has 3 nitrogen and oxygen atoms in total. The summed E-state index contributed by atoms with van der Waals surface area (Å²) in [7, 11) is 0. The third kappa shape index (κ3) is 3.15. The molecule has 0 spiro atoms. The largest absolute Gasteiger partial charge is 0.395 e. The Balaban J connectivity index is 0.000000810. The molecule has 62 valence electrons. The Hall–Kier alpha value is -0.120. The van der Waals surface area contributed by atoms with E-state index < -0.39 is 0 Å². The highest BCUT2D eigenvalue weighted by molar-refractivity contribution is 4.59. The highest BCUT2D eigenvalue weighted by Gasteiger charge is 2.07. The van der Waals surface area contributed by atoms with Crippen molar-refractivity contribution in [3.05, 3.63) is 0 Å². The molecule has 0 radical (unpaired) electrons. The van der Waals surface area contributed by atoms with Gasteiger partial charge in [-0.1, -0.05) is 7.43 Å². The summed E-state index contributed by atoms with van der Waals surface area (Å²) in [6, 6.07) is 0. The SMILES string of the molecule is C.OCCN1CCOCC1. The average molecular weight is 147 g/mol. The average Bonchev–Trinajstić information content (AvgIpc) is 1.91. The van der Waals surface area contributed by atoms with Crippen LogP contribution in [-0.2, 0) is 4.74 Å². The van der Waals surface area contributed by atoms with Gasteiger partial charge in [-0.2, -0.15) is 0 Å². The van der Waals surface area contributed by atoms with Crippen LogP contribution in [0.3, 0.4) is 0 Å². The van der Waals surface area contributed by atoms with E-state index in [2.05, 4.69) is 4.90 Å². The van der Waals surface area contributed by atoms with E-state index in [0.29, 0.717) is 0 Å². The zero-order chi connectivity index (χ0) is 6.53. The highest BCUT2D eigenvalue weighted by atomic mass is 16.5. The monoisotopic (exact) mass is 147 g/mol. The highest BCUT2D eigenvalue weighted by Crippen LogP contribution is 1.93. The van der Waals surface area contributed by atoms with E-state index in [0.717, 1.165) is 32.8 Å². The Bertz CT molecular complexity index is 69.3. The minimum Gasteiger partial charge on any atom is -0.395 e. The second kappa shape index (κ2) is 5.65. The van der Waals surface area contributed by atoms with Gasteiger partial charge in [-0.15, -0.1) is 0 Å². The maximum Gasteiger partial charge on any atom is 0.0594 e. The number of hydrogen-bond donors (Lipinski definition) is 1. The molecule has 10 heavy (non-hydrogen) atoms. The lowest BCUT2D eigenvalue weighted by molar-refractivity contribution is 0.0306. The van der Waals surface area contributed by atoms with Gasteiger partial charge in [0.15, 0.2) is 0 Å². The smallest absolute Gasteiger partial charge is 0.0594 e. The minimum atomic E-state index is 0. The molecule has 1 heterocycles. The van der Waals surface area contributed by atoms with Gasteiger partial charge < -0.3 is 9.84 Å². The molecule has 0 aliphatic carbocycles. The summed E-state index contributed by atoms with van der Waals surface area (Å²) < 4.78 is 5.12. The van der Waals surface area contributed by atoms with Gasteiger partial charge in [0.25, 0.3) is 0 Å². The summed E-state index contributed by atoms with van der Waals surface area (Å²) >= 11 is 0. The number of aliphatic hydroxyl groups excluding tert-OH is 1. The first kappa shape index (κ1) is 9.88. The third-order valence-corrected chi connectivity index (χ3v) is 1.52. The number of β-amino-alcohol motifs (C(OH)–C–C–N with tert-alkyl or cyclic N) is 1. The van der Waals surface area contributed by atoms with E-state index >= 15 is 0 Å². The number of morpholine rings is 1. The van der Waals surface area contributed by atoms with E-state index in [-0.39, 0.29) is 14.0 Å². The summed E-state index contributed by atoms with van der Waals surface area (Å²) in [5.41, 5.74) is 0. The molecule has 0 aromatic heterocycles. The normalized spacial score (nSPS) is 20.1. The van der Waals surface area contributed by atoms with Crippen molar-refractivity contribution in [1.29, 1.82) is 0 Å². The molecular weight excluding hydrogens is 130 g/mol. The van der Waals surface area contributed by atoms with Crippen LogP contribution in [0.4, 0.5) is 0 Å². The minimum absolute atomic E-state index is 0. The van der Waals surface area contributed by atoms with Gasteiger partial charge in [-0.25, -0.2) is 0 Å². The van der Waals surface area contributed by atoms with Gasteiger partial charge in [0.2, 0.25) is 0 Å². The first-order valence-electron chi connectivity index (χ1n) is 3.34. The van der Waals surface area contributed by atoms with Crippen LogP contribution in [0, 0.1) is 0 Å². The molecule has 3 heteroatoms. The van der Waals surface area contributed by atoms with Crippen LogP contribution < -0.4 is 0 Å². The van der Waals surface area contributed by atoms with Crippen molar-refractivity contribution in [2.24, 2.45) is 0 Å². The zero-order valence-electron chi connectivity index (χ0n) is 5.55. The predicted octanol–water partition coefficient (Wildman–Crippen LogP) is -0.0530. The Morgan fingerprint density at radius 1 is 1.30 bits per heavy atom. The van der Waals surface area contributed by atoms with Crippen molar-refractivity contribution >= 4 is 0 Å². The van der Waals surface area contributed by atoms with E-state index in [4.69, 9.17) is 9.84 Å². The molecule has 1 saturated heterocycles. The van der Waals surface area contributed by atoms with Gasteiger partial charge in [0, 0.05) is 19.6 Å². The third-order valence-electron chi connectivity index (χ3n) is 1.52. The van der Waals surface area contributed by atoms with Crippen LogP contribution >= 0.6 is 0 Å². The second-order valence-electron chi connectivity index (χ2n) is 2.18. The van der Waals surface area contributed by atoms with Crippen molar-refractivity contribution in [2.45, 2.75) is 7.43 Å². The fraction of sp³-hybridized carbons (Fsp3) is 1.00. The Morgan fingerprint density at radius 2 is 1.90 bits per heavy atom. The van der Waals surface area contributed by atoms with Crippen molar-refractivity contribution in [2.75, 3.05) is 39.5 Å². The molecule has 1 rings (SSSR count). The molecule has 0 amide bonds. The van der Waals surface area contributed by atoms with E-state index in [1.54, 1.807) is 0 Å². The topological polar surface area (TPSA) is 32.7 Å². The first-order chi connectivity index (χ1) is 4.43. The standard InChI is InChI=1S/C6H13NO2.CH4/c8-4-1-7-2-5-9-6-3-7;/h8H,1-6H2;1H4. The lowest BCUT2D eigenvalue weighted by Crippen LogP contribution is -2.37. The Labute approximate surface area is 62.6 Å². The van der Waals surface area contributed by atoms with E-state index in [9.17, 15) is 0 Å². The van der Waals surface area contributed by atoms with Crippen molar-refractivity contribution in [3.63, 3.8) is 0 Å². The number of aliphatic hydroxyl groups is 1. The lowest BCUT2D eigenvalue weighted by Gasteiger charge is -2.25. The van der Waals surface area contributed by atoms with Crippen LogP contribution in [-0.4, -0.2) is 49.5 Å². The van der Waals surface area contributed by atoms with Crippen molar-refractivity contribution in [1.82, 2.24) is 4.90 Å². The van der Waals surface area contributed by atoms with Crippen molar-refractivity contribution in [3.8, 4) is 0 Å². The van der Waals surface area contributed by atoms with Crippen LogP contribution in [0.1, 0.15) is 7.43 Å². The molecule has 0 unspecified atom stereocenters. The molecule has 0 atom stereocenters. The number of ether oxygens (including phenoxy) is 1. The van der Waals surface area contributed by atoms with Crippen LogP contribution in [0.25, 0.3) is 0 Å². The van der Waals surface area contributed by atoms with Crippen LogP contribution in [0.15, 0.2) is 0 Å². The molecule has 1 aliphatic heterocycles. The van der Waals surface area contributed by atoms with Gasteiger partial charge in [0.05, 0.1) is 19.8 Å². The van der Waals surface area contributed by atoms with E-state index in [1.807, 2.05) is 0 Å². The van der Waals surface area contributed by atoms with Crippen LogP contribution in [0.2, 0.25) is 0 Å². The second-order valence-corrected chi connectivity index (χ2v) is 2.18. The van der Waals surface area contributed by atoms with Gasteiger partial charge in [0.1, 0.15) is 0 Å². The zero-order valence-corrected chi connectivity index (χ0v) is 5.55. The fourth-order valence-corrected chi connectivity index (χ4v) is 0.966. The lowest BCUT2D eigenvalue weighted by atomic mass is 10.4. The van der Waals surface area contributed by atoms with Gasteiger partial charge in [-0.05, 0) is 0 Å². The maximum atomic E-state index is 8.54. The molecule has 1 fully saturated rings. The predicted molar refractivity (Wildman–Crippen MR) is 41.1 cm³/mol. The first-order valence-corrected chi connectivity index (χ1v) is 3.34. The van der Waals surface area contributed by atoms with E-state index in [1.165, 1.54) is 0 Å². The quantitative estimate of drug-likeness (QED) is 0.594. The maximum absolute atomic E-state index is 8.54. The summed E-state index contributed by atoms with van der Waals surface area (Å²) in [5.74, 6) is 0. The summed E-state index contributed by atoms with van der Waals surface area (Å²) in [6.45, 7) is 4.64. The van der Waals surface area contributed by atoms with Crippen molar-refractivity contribution < 1.29 is 9.84 Å². The Morgan fingerprint density at radius 3 is 2.40 bits per heavy atom. The molecule has 1 aliphatic rings. The molecule has 0 aromatic carbocycles. The van der Waals surface area contributed by atoms with Gasteiger partial charge in [-0.3, -0.25) is 4.90 Å². The Kier molecular flexibility index (Phi) is 5.58.